The summed E-state index contributed by atoms with van der Waals surface area (Å²) >= 11 is 0. The molecule has 0 saturated carbocycles. The normalized spacial score (nSPS) is 15.9. The number of esters is 1. The van der Waals surface area contributed by atoms with Crippen LogP contribution in [0.15, 0.2) is 48.5 Å². The quantitative estimate of drug-likeness (QED) is 0.759. The fourth-order valence-electron chi connectivity index (χ4n) is 3.18. The van der Waals surface area contributed by atoms with Crippen LogP contribution in [0.5, 0.6) is 5.75 Å². The highest BCUT2D eigenvalue weighted by atomic mass is 16.6. The average molecular weight is 368 g/mol. The predicted octanol–water partition coefficient (Wildman–Crippen LogP) is 2.39. The van der Waals surface area contributed by atoms with Gasteiger partial charge < -0.3 is 14.4 Å². The van der Waals surface area contributed by atoms with Gasteiger partial charge in [-0.2, -0.15) is 0 Å². The van der Waals surface area contributed by atoms with Crippen molar-refractivity contribution in [3.8, 4) is 5.75 Å². The number of aryl methyl sites for hydroxylation is 1. The highest BCUT2D eigenvalue weighted by Gasteiger charge is 2.34. The number of benzene rings is 2. The van der Waals surface area contributed by atoms with Crippen molar-refractivity contribution in [3.05, 3.63) is 59.7 Å². The Morgan fingerprint density at radius 3 is 2.63 bits per heavy atom. The number of para-hydroxylation sites is 2. The van der Waals surface area contributed by atoms with Gasteiger partial charge in [0.2, 0.25) is 12.0 Å². The molecule has 6 heteroatoms. The first-order chi connectivity index (χ1) is 13.0. The number of hydrogen-bond acceptors (Lipinski definition) is 5. The second-order valence-electron chi connectivity index (χ2n) is 6.70. The fraction of sp³-hybridized carbons (Fsp3) is 0.333. The molecule has 0 N–H and O–H groups in total. The lowest BCUT2D eigenvalue weighted by molar-refractivity contribution is -0.148. The maximum atomic E-state index is 13.0. The zero-order valence-electron chi connectivity index (χ0n) is 15.8. The van der Waals surface area contributed by atoms with Crippen LogP contribution < -0.4 is 9.64 Å². The maximum Gasteiger partial charge on any atom is 0.348 e. The minimum absolute atomic E-state index is 0.0873. The van der Waals surface area contributed by atoms with Crippen molar-refractivity contribution in [3.63, 3.8) is 0 Å². The number of fused-ring (bicyclic) bond motifs is 1. The number of carbonyl (C=O) groups excluding carboxylic acids is 2. The molecule has 1 aliphatic heterocycles. The first-order valence-corrected chi connectivity index (χ1v) is 8.86. The molecule has 27 heavy (non-hydrogen) atoms. The van der Waals surface area contributed by atoms with Gasteiger partial charge in [-0.05, 0) is 37.2 Å². The summed E-state index contributed by atoms with van der Waals surface area (Å²) in [5.41, 5.74) is 3.05. The Kier molecular flexibility index (Phi) is 5.76. The lowest BCUT2D eigenvalue weighted by atomic mass is 10.1. The molecular weight excluding hydrogens is 344 g/mol. The van der Waals surface area contributed by atoms with Crippen molar-refractivity contribution in [1.29, 1.82) is 0 Å². The topological polar surface area (TPSA) is 59.1 Å². The van der Waals surface area contributed by atoms with Gasteiger partial charge in [0.15, 0.2) is 0 Å². The first kappa shape index (κ1) is 18.9. The van der Waals surface area contributed by atoms with Crippen LogP contribution in [0.1, 0.15) is 11.1 Å². The van der Waals surface area contributed by atoms with E-state index in [1.54, 1.807) is 11.0 Å². The molecule has 1 heterocycles. The van der Waals surface area contributed by atoms with Crippen molar-refractivity contribution in [2.45, 2.75) is 19.6 Å². The van der Waals surface area contributed by atoms with Crippen LogP contribution in [0.3, 0.4) is 0 Å². The Morgan fingerprint density at radius 2 is 1.89 bits per heavy atom. The van der Waals surface area contributed by atoms with Gasteiger partial charge in [-0.3, -0.25) is 9.69 Å². The molecule has 0 bridgehead atoms. The van der Waals surface area contributed by atoms with Crippen LogP contribution in [0.4, 0.5) is 5.69 Å². The van der Waals surface area contributed by atoms with Gasteiger partial charge in [0, 0.05) is 6.54 Å². The maximum absolute atomic E-state index is 13.0. The Labute approximate surface area is 159 Å². The molecule has 1 atom stereocenters. The molecule has 1 amide bonds. The van der Waals surface area contributed by atoms with Crippen LogP contribution in [0, 0.1) is 6.92 Å². The van der Waals surface area contributed by atoms with Crippen molar-refractivity contribution in [2.75, 3.05) is 32.1 Å². The number of ether oxygens (including phenoxy) is 2. The van der Waals surface area contributed by atoms with Crippen LogP contribution in [0.25, 0.3) is 0 Å². The van der Waals surface area contributed by atoms with E-state index in [9.17, 15) is 9.59 Å². The largest absolute Gasteiger partial charge is 0.475 e. The minimum Gasteiger partial charge on any atom is -0.475 e. The van der Waals surface area contributed by atoms with Crippen molar-refractivity contribution < 1.29 is 19.1 Å². The summed E-state index contributed by atoms with van der Waals surface area (Å²) in [6.07, 6.45) is -0.824. The fourth-order valence-corrected chi connectivity index (χ4v) is 3.18. The van der Waals surface area contributed by atoms with Crippen LogP contribution in [-0.4, -0.2) is 50.1 Å². The predicted molar refractivity (Wildman–Crippen MR) is 103 cm³/mol. The number of anilines is 1. The summed E-state index contributed by atoms with van der Waals surface area (Å²) in [5, 5.41) is 0. The number of rotatable bonds is 5. The molecule has 0 aliphatic carbocycles. The Balaban J connectivity index is 1.74. The van der Waals surface area contributed by atoms with Gasteiger partial charge in [0.25, 0.3) is 0 Å². The molecule has 2 aromatic carbocycles. The lowest BCUT2D eigenvalue weighted by Gasteiger charge is -2.34. The second-order valence-corrected chi connectivity index (χ2v) is 6.70. The van der Waals surface area contributed by atoms with Crippen LogP contribution in [-0.2, 0) is 20.9 Å². The second kappa shape index (κ2) is 8.22. The SMILES string of the molecule is COC(=O)[C@H]1CN(C(=O)CN(C)Cc2ccccc2C)c2ccccc2O1. The smallest absolute Gasteiger partial charge is 0.348 e. The molecule has 0 fully saturated rings. The van der Waals surface area contributed by atoms with Crippen molar-refractivity contribution in [2.24, 2.45) is 0 Å². The highest BCUT2D eigenvalue weighted by Crippen LogP contribution is 2.33. The third kappa shape index (κ3) is 4.28. The molecule has 142 valence electrons. The van der Waals surface area contributed by atoms with E-state index >= 15 is 0 Å². The molecule has 3 rings (SSSR count). The van der Waals surface area contributed by atoms with E-state index in [1.165, 1.54) is 18.2 Å². The van der Waals surface area contributed by atoms with E-state index < -0.39 is 12.1 Å². The molecule has 1 aliphatic rings. The molecule has 0 radical (unpaired) electrons. The third-order valence-corrected chi connectivity index (χ3v) is 4.65. The Bertz CT molecular complexity index is 836. The summed E-state index contributed by atoms with van der Waals surface area (Å²) in [6.45, 7) is 3.10. The molecule has 0 spiro atoms. The number of nitrogens with zero attached hydrogens (tertiary/aromatic N) is 2. The van der Waals surface area contributed by atoms with E-state index in [0.717, 1.165) is 0 Å². The van der Waals surface area contributed by atoms with E-state index in [2.05, 4.69) is 19.1 Å². The van der Waals surface area contributed by atoms with Gasteiger partial charge in [0.1, 0.15) is 5.75 Å². The summed E-state index contributed by atoms with van der Waals surface area (Å²) in [5.74, 6) is -0.0691. The molecule has 0 unspecified atom stereocenters. The molecular formula is C21H24N2O4. The zero-order chi connectivity index (χ0) is 19.4. The molecule has 0 aromatic heterocycles. The van der Waals surface area contributed by atoms with Gasteiger partial charge in [0.05, 0.1) is 25.9 Å². The number of likely N-dealkylation sites (N-methyl/N-ethyl adjacent to an activating group) is 1. The van der Waals surface area contributed by atoms with Gasteiger partial charge in [-0.1, -0.05) is 36.4 Å². The summed E-state index contributed by atoms with van der Waals surface area (Å²) in [4.78, 5) is 28.5. The summed E-state index contributed by atoms with van der Waals surface area (Å²) < 4.78 is 10.5. The van der Waals surface area contributed by atoms with Crippen molar-refractivity contribution in [1.82, 2.24) is 4.90 Å². The van der Waals surface area contributed by atoms with E-state index in [4.69, 9.17) is 9.47 Å². The monoisotopic (exact) mass is 368 g/mol. The molecule has 6 nitrogen and oxygen atoms in total. The number of carbonyl (C=O) groups is 2. The zero-order valence-corrected chi connectivity index (χ0v) is 15.8. The molecule has 0 saturated heterocycles. The molecule has 2 aromatic rings. The summed E-state index contributed by atoms with van der Waals surface area (Å²) in [6, 6.07) is 15.4. The van der Waals surface area contributed by atoms with E-state index in [-0.39, 0.29) is 19.0 Å². The standard InChI is InChI=1S/C21H24N2O4/c1-15-8-4-5-9-16(15)12-22(2)14-20(24)23-13-19(21(25)26-3)27-18-11-7-6-10-17(18)23/h4-11,19H,12-14H2,1-3H3/t19-/m1/s1. The number of hydrogen-bond donors (Lipinski definition) is 0. The number of methoxy groups -OCH3 is 1. The van der Waals surface area contributed by atoms with Crippen LogP contribution in [0.2, 0.25) is 0 Å². The van der Waals surface area contributed by atoms with E-state index in [1.807, 2.05) is 42.3 Å². The Hall–Kier alpha value is -2.86. The van der Waals surface area contributed by atoms with Crippen molar-refractivity contribution >= 4 is 17.6 Å². The average Bonchev–Trinajstić information content (AvgIpc) is 2.68. The minimum atomic E-state index is -0.824. The summed E-state index contributed by atoms with van der Waals surface area (Å²) in [7, 11) is 3.23. The third-order valence-electron chi connectivity index (χ3n) is 4.65. The van der Waals surface area contributed by atoms with E-state index in [0.29, 0.717) is 18.0 Å². The lowest BCUT2D eigenvalue weighted by Crippen LogP contribution is -2.49. The van der Waals surface area contributed by atoms with Crippen LogP contribution >= 0.6 is 0 Å². The Morgan fingerprint density at radius 1 is 1.19 bits per heavy atom. The highest BCUT2D eigenvalue weighted by molar-refractivity contribution is 5.98. The first-order valence-electron chi connectivity index (χ1n) is 8.86. The van der Waals surface area contributed by atoms with Gasteiger partial charge >= 0.3 is 5.97 Å². The van der Waals surface area contributed by atoms with Gasteiger partial charge in [-0.15, -0.1) is 0 Å². The van der Waals surface area contributed by atoms with Gasteiger partial charge in [-0.25, -0.2) is 4.79 Å². The number of amides is 1.